The first-order valence-electron chi connectivity index (χ1n) is 8.65. The third-order valence-electron chi connectivity index (χ3n) is 5.13. The van der Waals surface area contributed by atoms with Crippen molar-refractivity contribution >= 4 is 21.4 Å². The van der Waals surface area contributed by atoms with Crippen LogP contribution in [0.15, 0.2) is 24.3 Å². The Bertz CT molecular complexity index is 692. The largest absolute Gasteiger partial charge is 0.390 e. The number of nitrogens with zero attached hydrogens (tertiary/aromatic N) is 1. The number of aryl methyl sites for hydroxylation is 1. The van der Waals surface area contributed by atoms with Gasteiger partial charge in [-0.25, -0.2) is 8.42 Å². The van der Waals surface area contributed by atoms with Crippen molar-refractivity contribution in [1.29, 1.82) is 0 Å². The maximum atomic E-state index is 13.1. The lowest BCUT2D eigenvalue weighted by atomic mass is 9.87. The molecule has 0 spiro atoms. The Kier molecular flexibility index (Phi) is 4.97. The van der Waals surface area contributed by atoms with Crippen molar-refractivity contribution in [3.8, 4) is 0 Å². The molecule has 1 aromatic rings. The van der Waals surface area contributed by atoms with E-state index in [0.717, 1.165) is 37.7 Å². The van der Waals surface area contributed by atoms with Gasteiger partial charge in [-0.3, -0.25) is 4.79 Å². The average molecular weight is 351 g/mol. The maximum absolute atomic E-state index is 13.1. The van der Waals surface area contributed by atoms with E-state index in [1.165, 1.54) is 0 Å². The molecule has 2 aliphatic rings. The molecular formula is C18H25NO4S. The number of sulfone groups is 1. The van der Waals surface area contributed by atoms with Gasteiger partial charge in [-0.2, -0.15) is 0 Å². The molecule has 6 heteroatoms. The predicted octanol–water partition coefficient (Wildman–Crippen LogP) is 2.07. The van der Waals surface area contributed by atoms with E-state index >= 15 is 0 Å². The van der Waals surface area contributed by atoms with Gasteiger partial charge < -0.3 is 10.0 Å². The molecule has 0 unspecified atom stereocenters. The molecular weight excluding hydrogens is 326 g/mol. The lowest BCUT2D eigenvalue weighted by Crippen LogP contribution is -2.49. The number of hydrogen-bond acceptors (Lipinski definition) is 4. The Labute approximate surface area is 143 Å². The Morgan fingerprint density at radius 2 is 1.71 bits per heavy atom. The fourth-order valence-electron chi connectivity index (χ4n) is 3.79. The van der Waals surface area contributed by atoms with Gasteiger partial charge in [0.1, 0.15) is 0 Å². The molecule has 0 aromatic heterocycles. The minimum atomic E-state index is -3.31. The van der Waals surface area contributed by atoms with E-state index in [9.17, 15) is 18.3 Å². The highest BCUT2D eigenvalue weighted by atomic mass is 32.2. The standard InChI is InChI=1S/C18H25NO4S/c1-13-7-9-15(10-8-13)19(16-11-24(22,23)12-17(16)20)18(21)14-5-3-2-4-6-14/h7-10,14,16-17,20H,2-6,11-12H2,1H3/t16-,17+/m0/s1. The molecule has 1 amide bonds. The summed E-state index contributed by atoms with van der Waals surface area (Å²) in [5, 5.41) is 10.3. The van der Waals surface area contributed by atoms with E-state index < -0.39 is 22.0 Å². The van der Waals surface area contributed by atoms with Crippen molar-refractivity contribution in [3.05, 3.63) is 29.8 Å². The lowest BCUT2D eigenvalue weighted by Gasteiger charge is -2.34. The van der Waals surface area contributed by atoms with Gasteiger partial charge >= 0.3 is 0 Å². The third-order valence-corrected chi connectivity index (χ3v) is 6.83. The number of hydrogen-bond donors (Lipinski definition) is 1. The molecule has 24 heavy (non-hydrogen) atoms. The number of aliphatic hydroxyl groups excluding tert-OH is 1. The highest BCUT2D eigenvalue weighted by Crippen LogP contribution is 2.31. The number of rotatable bonds is 3. The first-order valence-corrected chi connectivity index (χ1v) is 10.5. The quantitative estimate of drug-likeness (QED) is 0.905. The molecule has 132 valence electrons. The number of carbonyl (C=O) groups is 1. The van der Waals surface area contributed by atoms with Crippen LogP contribution in [0.1, 0.15) is 37.7 Å². The Hall–Kier alpha value is -1.40. The van der Waals surface area contributed by atoms with Crippen LogP contribution >= 0.6 is 0 Å². The summed E-state index contributed by atoms with van der Waals surface area (Å²) < 4.78 is 23.9. The van der Waals surface area contributed by atoms with E-state index in [0.29, 0.717) is 5.69 Å². The monoisotopic (exact) mass is 351 g/mol. The molecule has 1 saturated heterocycles. The van der Waals surface area contributed by atoms with Gasteiger partial charge in [-0.15, -0.1) is 0 Å². The number of anilines is 1. The summed E-state index contributed by atoms with van der Waals surface area (Å²) in [6, 6.07) is 6.81. The van der Waals surface area contributed by atoms with Gasteiger partial charge in [0, 0.05) is 11.6 Å². The third kappa shape index (κ3) is 3.64. The Morgan fingerprint density at radius 3 is 2.25 bits per heavy atom. The summed E-state index contributed by atoms with van der Waals surface area (Å²) in [6.07, 6.45) is 3.87. The summed E-state index contributed by atoms with van der Waals surface area (Å²) >= 11 is 0. The fourth-order valence-corrected chi connectivity index (χ4v) is 5.56. The zero-order valence-electron chi connectivity index (χ0n) is 14.0. The van der Waals surface area contributed by atoms with Crippen molar-refractivity contribution < 1.29 is 18.3 Å². The SMILES string of the molecule is Cc1ccc(N(C(=O)C2CCCCC2)[C@H]2CS(=O)(=O)C[C@H]2O)cc1. The van der Waals surface area contributed by atoms with Crippen LogP contribution in [-0.4, -0.2) is 43.1 Å². The topological polar surface area (TPSA) is 74.7 Å². The smallest absolute Gasteiger partial charge is 0.230 e. The molecule has 0 bridgehead atoms. The molecule has 1 aliphatic carbocycles. The molecule has 2 atom stereocenters. The molecule has 1 N–H and O–H groups in total. The van der Waals surface area contributed by atoms with Gasteiger partial charge in [0.25, 0.3) is 0 Å². The highest BCUT2D eigenvalue weighted by molar-refractivity contribution is 7.91. The summed E-state index contributed by atoms with van der Waals surface area (Å²) in [5.41, 5.74) is 1.75. The molecule has 3 rings (SSSR count). The molecule has 0 radical (unpaired) electrons. The average Bonchev–Trinajstić information content (AvgIpc) is 2.83. The second-order valence-electron chi connectivity index (χ2n) is 7.09. The summed E-state index contributed by atoms with van der Waals surface area (Å²) in [6.45, 7) is 1.96. The summed E-state index contributed by atoms with van der Waals surface area (Å²) in [7, 11) is -3.31. The number of carbonyl (C=O) groups excluding carboxylic acids is 1. The van der Waals surface area contributed by atoms with Crippen molar-refractivity contribution in [3.63, 3.8) is 0 Å². The van der Waals surface area contributed by atoms with Crippen LogP contribution in [0.25, 0.3) is 0 Å². The molecule has 5 nitrogen and oxygen atoms in total. The van der Waals surface area contributed by atoms with E-state index in [-0.39, 0.29) is 23.3 Å². The van der Waals surface area contributed by atoms with Crippen LogP contribution in [0.5, 0.6) is 0 Å². The summed E-state index contributed by atoms with van der Waals surface area (Å²) in [4.78, 5) is 14.7. The molecule has 1 heterocycles. The van der Waals surface area contributed by atoms with Gasteiger partial charge in [-0.05, 0) is 31.9 Å². The van der Waals surface area contributed by atoms with E-state index in [1.54, 1.807) is 4.90 Å². The van der Waals surface area contributed by atoms with Crippen LogP contribution in [-0.2, 0) is 14.6 Å². The molecule has 2 fully saturated rings. The van der Waals surface area contributed by atoms with Gasteiger partial charge in [0.2, 0.25) is 5.91 Å². The second kappa shape index (κ2) is 6.84. The molecule has 1 saturated carbocycles. The first-order chi connectivity index (χ1) is 11.4. The van der Waals surface area contributed by atoms with Crippen LogP contribution in [0.3, 0.4) is 0 Å². The molecule has 1 aromatic carbocycles. The zero-order valence-corrected chi connectivity index (χ0v) is 14.8. The minimum Gasteiger partial charge on any atom is -0.390 e. The van der Waals surface area contributed by atoms with Crippen LogP contribution in [0.4, 0.5) is 5.69 Å². The van der Waals surface area contributed by atoms with Crippen molar-refractivity contribution in [2.45, 2.75) is 51.2 Å². The lowest BCUT2D eigenvalue weighted by molar-refractivity contribution is -0.124. The van der Waals surface area contributed by atoms with Gasteiger partial charge in [-0.1, -0.05) is 37.0 Å². The number of amides is 1. The van der Waals surface area contributed by atoms with Crippen molar-refractivity contribution in [2.75, 3.05) is 16.4 Å². The van der Waals surface area contributed by atoms with Gasteiger partial charge in [0.15, 0.2) is 9.84 Å². The zero-order chi connectivity index (χ0) is 17.3. The van der Waals surface area contributed by atoms with E-state index in [1.807, 2.05) is 31.2 Å². The Balaban J connectivity index is 1.94. The minimum absolute atomic E-state index is 0.0419. The first kappa shape index (κ1) is 17.4. The van der Waals surface area contributed by atoms with Crippen LogP contribution < -0.4 is 4.90 Å². The van der Waals surface area contributed by atoms with E-state index in [2.05, 4.69) is 0 Å². The van der Waals surface area contributed by atoms with E-state index in [4.69, 9.17) is 0 Å². The number of benzene rings is 1. The van der Waals surface area contributed by atoms with Crippen LogP contribution in [0, 0.1) is 12.8 Å². The summed E-state index contributed by atoms with van der Waals surface area (Å²) in [5.74, 6) is -0.548. The van der Waals surface area contributed by atoms with Crippen molar-refractivity contribution in [2.24, 2.45) is 5.92 Å². The predicted molar refractivity (Wildman–Crippen MR) is 93.7 cm³/mol. The number of aliphatic hydroxyl groups is 1. The maximum Gasteiger partial charge on any atom is 0.230 e. The normalized spacial score (nSPS) is 27.1. The highest BCUT2D eigenvalue weighted by Gasteiger charge is 2.43. The van der Waals surface area contributed by atoms with Crippen molar-refractivity contribution in [1.82, 2.24) is 0 Å². The van der Waals surface area contributed by atoms with Crippen LogP contribution in [0.2, 0.25) is 0 Å². The fraction of sp³-hybridized carbons (Fsp3) is 0.611. The second-order valence-corrected chi connectivity index (χ2v) is 9.24. The Morgan fingerprint density at radius 1 is 1.08 bits per heavy atom. The van der Waals surface area contributed by atoms with Gasteiger partial charge in [0.05, 0.1) is 23.7 Å². The molecule has 1 aliphatic heterocycles.